The third-order valence-corrected chi connectivity index (χ3v) is 10.3. The molecule has 0 amide bonds. The van der Waals surface area contributed by atoms with Gasteiger partial charge < -0.3 is 24.0 Å². The Balaban J connectivity index is 0.00000181. The largest absolute Gasteiger partial charge is 1.00 e. The van der Waals surface area contributed by atoms with E-state index < -0.39 is 7.26 Å². The lowest BCUT2D eigenvalue weighted by molar-refractivity contribution is -0.00000520. The minimum Gasteiger partial charge on any atom is -1.00 e. The van der Waals surface area contributed by atoms with E-state index in [4.69, 9.17) is 0 Å². The molecule has 0 unspecified atom stereocenters. The Bertz CT molecular complexity index is 1290. The monoisotopic (exact) mass is 502 g/mol. The second kappa shape index (κ2) is 6.93. The summed E-state index contributed by atoms with van der Waals surface area (Å²) in [5, 5.41) is 9.88. The van der Waals surface area contributed by atoms with Gasteiger partial charge >= 0.3 is 0 Å². The van der Waals surface area contributed by atoms with Crippen molar-refractivity contribution in [2.45, 2.75) is 0 Å². The number of fused-ring (bicyclic) bond motifs is 7. The van der Waals surface area contributed by atoms with Gasteiger partial charge in [0.15, 0.2) is 0 Å². The molecular formula is C27H20IP. The van der Waals surface area contributed by atoms with Crippen LogP contribution < -0.4 is 39.9 Å². The molecule has 0 saturated carbocycles. The van der Waals surface area contributed by atoms with Crippen molar-refractivity contribution in [1.82, 2.24) is 0 Å². The first-order chi connectivity index (χ1) is 13.8. The Morgan fingerprint density at radius 3 is 1.45 bits per heavy atom. The van der Waals surface area contributed by atoms with Gasteiger partial charge in [-0.15, -0.1) is 0 Å². The maximum Gasteiger partial charge on any atom is 0.113 e. The molecule has 0 aliphatic carbocycles. The summed E-state index contributed by atoms with van der Waals surface area (Å²) in [7, 11) is -1.66. The standard InChI is InChI=1S/C27H20P.HI/c1-28(21-11-3-2-4-12-21)24-17-15-19-9-5-7-13-22(19)26(24)27-23-14-8-6-10-20(23)16-18-25(27)28;/h2-18H,1H3;1H/q+1;/p-1. The fourth-order valence-corrected chi connectivity index (χ4v) is 8.61. The molecule has 1 heterocycles. The maximum absolute atomic E-state index is 2.50. The number of halogens is 1. The van der Waals surface area contributed by atoms with E-state index in [1.807, 2.05) is 0 Å². The fourth-order valence-electron chi connectivity index (χ4n) is 4.92. The van der Waals surface area contributed by atoms with Crippen LogP contribution >= 0.6 is 7.26 Å². The highest BCUT2D eigenvalue weighted by Crippen LogP contribution is 2.61. The van der Waals surface area contributed by atoms with E-state index in [-0.39, 0.29) is 24.0 Å². The summed E-state index contributed by atoms with van der Waals surface area (Å²) in [5.74, 6) is 0. The Morgan fingerprint density at radius 2 is 0.931 bits per heavy atom. The Hall–Kier alpha value is -2.22. The summed E-state index contributed by atoms with van der Waals surface area (Å²) in [6.07, 6.45) is 0. The maximum atomic E-state index is 2.50. The third kappa shape index (κ3) is 2.54. The van der Waals surface area contributed by atoms with Gasteiger partial charge in [0.25, 0.3) is 0 Å². The van der Waals surface area contributed by atoms with Crippen LogP contribution in [0.2, 0.25) is 0 Å². The molecule has 0 nitrogen and oxygen atoms in total. The molecule has 0 radical (unpaired) electrons. The van der Waals surface area contributed by atoms with E-state index in [1.54, 1.807) is 0 Å². The highest BCUT2D eigenvalue weighted by Gasteiger charge is 2.50. The van der Waals surface area contributed by atoms with Crippen LogP contribution in [0.25, 0.3) is 32.7 Å². The Kier molecular flexibility index (Phi) is 4.49. The summed E-state index contributed by atoms with van der Waals surface area (Å²) in [6.45, 7) is 2.50. The van der Waals surface area contributed by atoms with Crippen molar-refractivity contribution in [2.24, 2.45) is 0 Å². The number of hydrogen-bond acceptors (Lipinski definition) is 0. The minimum atomic E-state index is -1.66. The molecule has 5 aromatic rings. The molecule has 0 bridgehead atoms. The molecule has 1 aliphatic rings. The lowest BCUT2D eigenvalue weighted by atomic mass is 9.94. The summed E-state index contributed by atoms with van der Waals surface area (Å²) in [6, 6.07) is 38.2. The van der Waals surface area contributed by atoms with Crippen LogP contribution in [-0.4, -0.2) is 6.66 Å². The predicted molar refractivity (Wildman–Crippen MR) is 125 cm³/mol. The molecule has 29 heavy (non-hydrogen) atoms. The van der Waals surface area contributed by atoms with Crippen molar-refractivity contribution in [1.29, 1.82) is 0 Å². The second-order valence-electron chi connectivity index (χ2n) is 7.70. The fraction of sp³-hybridized carbons (Fsp3) is 0.0370. The third-order valence-electron chi connectivity index (χ3n) is 6.30. The average molecular weight is 502 g/mol. The van der Waals surface area contributed by atoms with Crippen LogP contribution in [0.3, 0.4) is 0 Å². The van der Waals surface area contributed by atoms with Gasteiger partial charge in [-0.1, -0.05) is 78.9 Å². The van der Waals surface area contributed by atoms with Crippen LogP contribution in [0.15, 0.2) is 103 Å². The van der Waals surface area contributed by atoms with Gasteiger partial charge in [-0.05, 0) is 45.8 Å². The van der Waals surface area contributed by atoms with Crippen LogP contribution in [-0.2, 0) is 0 Å². The predicted octanol–water partition coefficient (Wildman–Crippen LogP) is 2.90. The first-order valence-electron chi connectivity index (χ1n) is 9.75. The van der Waals surface area contributed by atoms with Gasteiger partial charge in [0.1, 0.15) is 23.2 Å². The molecule has 0 aromatic heterocycles. The van der Waals surface area contributed by atoms with Gasteiger partial charge in [-0.2, -0.15) is 0 Å². The van der Waals surface area contributed by atoms with E-state index >= 15 is 0 Å². The van der Waals surface area contributed by atoms with Crippen molar-refractivity contribution < 1.29 is 24.0 Å². The molecule has 1 aliphatic heterocycles. The highest BCUT2D eigenvalue weighted by molar-refractivity contribution is 7.96. The molecular weight excluding hydrogens is 482 g/mol. The SMILES string of the molecule is C[P+]1(c2ccccc2)c2ccc3ccccc3c2-c2c1ccc1ccccc21.[I-]. The first-order valence-corrected chi connectivity index (χ1v) is 12.0. The summed E-state index contributed by atoms with van der Waals surface area (Å²) in [4.78, 5) is 0. The molecule has 0 fully saturated rings. The first kappa shape index (κ1) is 18.8. The van der Waals surface area contributed by atoms with Crippen molar-refractivity contribution in [3.05, 3.63) is 103 Å². The quantitative estimate of drug-likeness (QED) is 0.245. The Labute approximate surface area is 188 Å². The molecule has 0 spiro atoms. The Morgan fingerprint density at radius 1 is 0.483 bits per heavy atom. The van der Waals surface area contributed by atoms with Crippen LogP contribution in [0.1, 0.15) is 0 Å². The topological polar surface area (TPSA) is 0 Å². The van der Waals surface area contributed by atoms with Crippen molar-refractivity contribution >= 4 is 44.7 Å². The molecule has 0 N–H and O–H groups in total. The zero-order valence-corrected chi connectivity index (χ0v) is 19.2. The van der Waals surface area contributed by atoms with E-state index in [2.05, 4.69) is 110 Å². The van der Waals surface area contributed by atoms with E-state index in [0.29, 0.717) is 0 Å². The summed E-state index contributed by atoms with van der Waals surface area (Å²) in [5.41, 5.74) is 2.90. The van der Waals surface area contributed by atoms with Crippen LogP contribution in [0, 0.1) is 0 Å². The molecule has 0 saturated heterocycles. The lowest BCUT2D eigenvalue weighted by Gasteiger charge is -2.19. The normalized spacial score (nSPS) is 13.7. The smallest absolute Gasteiger partial charge is 0.113 e. The zero-order chi connectivity index (χ0) is 18.7. The van der Waals surface area contributed by atoms with Gasteiger partial charge in [0.2, 0.25) is 0 Å². The van der Waals surface area contributed by atoms with Crippen LogP contribution in [0.5, 0.6) is 0 Å². The van der Waals surface area contributed by atoms with Crippen molar-refractivity contribution in [2.75, 3.05) is 6.66 Å². The highest BCUT2D eigenvalue weighted by atomic mass is 127. The second-order valence-corrected chi connectivity index (χ2v) is 11.2. The zero-order valence-electron chi connectivity index (χ0n) is 16.1. The van der Waals surface area contributed by atoms with Gasteiger partial charge in [-0.25, -0.2) is 0 Å². The van der Waals surface area contributed by atoms with E-state index in [0.717, 1.165) is 0 Å². The van der Waals surface area contributed by atoms with Crippen LogP contribution in [0.4, 0.5) is 0 Å². The number of hydrogen-bond donors (Lipinski definition) is 0. The summed E-state index contributed by atoms with van der Waals surface area (Å²) >= 11 is 0. The van der Waals surface area contributed by atoms with E-state index in [1.165, 1.54) is 48.6 Å². The number of rotatable bonds is 1. The van der Waals surface area contributed by atoms with E-state index in [9.17, 15) is 0 Å². The lowest BCUT2D eigenvalue weighted by Crippen LogP contribution is -3.00. The molecule has 2 heteroatoms. The van der Waals surface area contributed by atoms with Gasteiger partial charge in [0, 0.05) is 11.1 Å². The van der Waals surface area contributed by atoms with Crippen molar-refractivity contribution in [3.8, 4) is 11.1 Å². The summed E-state index contributed by atoms with van der Waals surface area (Å²) < 4.78 is 0. The van der Waals surface area contributed by atoms with Crippen molar-refractivity contribution in [3.63, 3.8) is 0 Å². The minimum absolute atomic E-state index is 0. The molecule has 5 aromatic carbocycles. The number of benzene rings is 5. The molecule has 0 atom stereocenters. The van der Waals surface area contributed by atoms with Gasteiger partial charge in [0.05, 0.1) is 6.66 Å². The average Bonchev–Trinajstić information content (AvgIpc) is 3.05. The molecule has 6 rings (SSSR count). The van der Waals surface area contributed by atoms with Gasteiger partial charge in [-0.3, -0.25) is 0 Å². The molecule has 140 valence electrons.